The van der Waals surface area contributed by atoms with E-state index in [-0.39, 0.29) is 0 Å². The first-order valence-electron chi connectivity index (χ1n) is 6.19. The molecule has 0 aliphatic rings. The van der Waals surface area contributed by atoms with Crippen LogP contribution in [0.4, 0.5) is 0 Å². The molecule has 3 heterocycles. The topological polar surface area (TPSA) is 67.1 Å². The van der Waals surface area contributed by atoms with E-state index in [0.717, 1.165) is 16.6 Å². The van der Waals surface area contributed by atoms with Crippen LogP contribution in [0.15, 0.2) is 47.0 Å². The second kappa shape index (κ2) is 4.33. The van der Waals surface area contributed by atoms with Gasteiger partial charge in [0.2, 0.25) is 5.76 Å². The van der Waals surface area contributed by atoms with Crippen LogP contribution in [0.1, 0.15) is 5.76 Å². The summed E-state index contributed by atoms with van der Waals surface area (Å²) in [4.78, 5) is 4.30. The van der Waals surface area contributed by atoms with Gasteiger partial charge in [0, 0.05) is 17.0 Å². The Balaban J connectivity index is 1.95. The van der Waals surface area contributed by atoms with Crippen LogP contribution in [-0.4, -0.2) is 14.6 Å². The summed E-state index contributed by atoms with van der Waals surface area (Å²) in [5.74, 6) is 0.293. The first-order chi connectivity index (χ1) is 10.2. The van der Waals surface area contributed by atoms with Crippen molar-refractivity contribution in [1.29, 1.82) is 5.26 Å². The van der Waals surface area contributed by atoms with Crippen LogP contribution in [0.3, 0.4) is 0 Å². The summed E-state index contributed by atoms with van der Waals surface area (Å²) in [6.45, 7) is 0. The van der Waals surface area contributed by atoms with Crippen molar-refractivity contribution in [1.82, 2.24) is 14.6 Å². The number of furan rings is 1. The van der Waals surface area contributed by atoms with E-state index < -0.39 is 0 Å². The Hall–Kier alpha value is -2.84. The lowest BCUT2D eigenvalue weighted by Gasteiger charge is -2.01. The number of hydrogen-bond acceptors (Lipinski definition) is 4. The Morgan fingerprint density at radius 1 is 1.19 bits per heavy atom. The van der Waals surface area contributed by atoms with Crippen molar-refractivity contribution in [3.05, 3.63) is 53.5 Å². The third-order valence-corrected chi connectivity index (χ3v) is 3.46. The van der Waals surface area contributed by atoms with Crippen molar-refractivity contribution in [2.45, 2.75) is 0 Å². The minimum Gasteiger partial charge on any atom is -0.446 e. The Morgan fingerprint density at radius 3 is 2.95 bits per heavy atom. The molecule has 0 unspecified atom stereocenters. The zero-order valence-electron chi connectivity index (χ0n) is 10.6. The maximum atomic E-state index is 8.88. The van der Waals surface area contributed by atoms with Gasteiger partial charge >= 0.3 is 0 Å². The van der Waals surface area contributed by atoms with Crippen LogP contribution in [0.25, 0.3) is 27.9 Å². The summed E-state index contributed by atoms with van der Waals surface area (Å²) in [7, 11) is 0. The molecule has 100 valence electrons. The fourth-order valence-electron chi connectivity index (χ4n) is 2.29. The molecule has 0 amide bonds. The molecule has 0 N–H and O–H groups in total. The summed E-state index contributed by atoms with van der Waals surface area (Å²) < 4.78 is 7.13. The lowest BCUT2D eigenvalue weighted by atomic mass is 10.1. The van der Waals surface area contributed by atoms with E-state index in [1.807, 2.05) is 24.3 Å². The molecule has 3 aromatic heterocycles. The van der Waals surface area contributed by atoms with Crippen molar-refractivity contribution in [2.24, 2.45) is 0 Å². The van der Waals surface area contributed by atoms with Crippen LogP contribution in [0.5, 0.6) is 0 Å². The molecule has 0 bridgehead atoms. The van der Waals surface area contributed by atoms with Crippen LogP contribution < -0.4 is 0 Å². The minimum atomic E-state index is 0.293. The molecule has 0 saturated heterocycles. The predicted molar refractivity (Wildman–Crippen MR) is 77.9 cm³/mol. The minimum absolute atomic E-state index is 0.293. The largest absolute Gasteiger partial charge is 0.446 e. The van der Waals surface area contributed by atoms with Crippen molar-refractivity contribution < 1.29 is 4.42 Å². The number of halogens is 1. The van der Waals surface area contributed by atoms with Gasteiger partial charge in [0.05, 0.1) is 11.9 Å². The zero-order valence-corrected chi connectivity index (χ0v) is 11.4. The summed E-state index contributed by atoms with van der Waals surface area (Å²) in [6, 6.07) is 12.9. The van der Waals surface area contributed by atoms with Crippen molar-refractivity contribution in [2.75, 3.05) is 0 Å². The Bertz CT molecular complexity index is 1030. The molecule has 6 heteroatoms. The monoisotopic (exact) mass is 294 g/mol. The third kappa shape index (κ3) is 1.85. The normalized spacial score (nSPS) is 11.0. The summed E-state index contributed by atoms with van der Waals surface area (Å²) in [6.07, 6.45) is 1.73. The molecule has 1 aromatic carbocycles. The number of fused-ring (bicyclic) bond motifs is 2. The highest BCUT2D eigenvalue weighted by Gasteiger charge is 2.10. The molecular weight excluding hydrogens is 288 g/mol. The first kappa shape index (κ1) is 11.9. The third-order valence-electron chi connectivity index (χ3n) is 3.26. The standard InChI is InChI=1S/C15H7ClN4O/c16-14-3-4-15-18-8-12(20(15)19-14)9-1-2-10-5-11(7-17)21-13(10)6-9/h1-6,8H. The van der Waals surface area contributed by atoms with E-state index in [2.05, 4.69) is 10.1 Å². The van der Waals surface area contributed by atoms with Gasteiger partial charge in [0.15, 0.2) is 5.65 Å². The number of aromatic nitrogens is 3. The van der Waals surface area contributed by atoms with Gasteiger partial charge in [0.1, 0.15) is 16.8 Å². The van der Waals surface area contributed by atoms with Gasteiger partial charge in [-0.1, -0.05) is 23.7 Å². The molecule has 0 spiro atoms. The molecule has 4 rings (SSSR count). The number of imidazole rings is 1. The highest BCUT2D eigenvalue weighted by atomic mass is 35.5. The maximum absolute atomic E-state index is 8.88. The lowest BCUT2D eigenvalue weighted by molar-refractivity contribution is 0.599. The number of rotatable bonds is 1. The fraction of sp³-hybridized carbons (Fsp3) is 0. The molecule has 4 aromatic rings. The van der Waals surface area contributed by atoms with Gasteiger partial charge in [-0.15, -0.1) is 0 Å². The second-order valence-corrected chi connectivity index (χ2v) is 4.93. The van der Waals surface area contributed by atoms with Crippen molar-refractivity contribution in [3.63, 3.8) is 0 Å². The van der Waals surface area contributed by atoms with Crippen LogP contribution >= 0.6 is 11.6 Å². The molecular formula is C15H7ClN4O. The zero-order chi connectivity index (χ0) is 14.4. The van der Waals surface area contributed by atoms with Crippen molar-refractivity contribution >= 4 is 28.2 Å². The first-order valence-corrected chi connectivity index (χ1v) is 6.57. The molecule has 0 radical (unpaired) electrons. The van der Waals surface area contributed by atoms with Gasteiger partial charge in [-0.25, -0.2) is 9.50 Å². The highest BCUT2D eigenvalue weighted by molar-refractivity contribution is 6.29. The van der Waals surface area contributed by atoms with Crippen LogP contribution in [-0.2, 0) is 0 Å². The Labute approximate surface area is 124 Å². The fourth-order valence-corrected chi connectivity index (χ4v) is 2.43. The van der Waals surface area contributed by atoms with Gasteiger partial charge in [-0.05, 0) is 18.2 Å². The van der Waals surface area contributed by atoms with E-state index in [9.17, 15) is 0 Å². The van der Waals surface area contributed by atoms with E-state index in [0.29, 0.717) is 22.1 Å². The van der Waals surface area contributed by atoms with E-state index in [1.54, 1.807) is 28.9 Å². The molecule has 0 aliphatic carbocycles. The van der Waals surface area contributed by atoms with Gasteiger partial charge < -0.3 is 4.42 Å². The lowest BCUT2D eigenvalue weighted by Crippen LogP contribution is -1.93. The van der Waals surface area contributed by atoms with E-state index >= 15 is 0 Å². The average Bonchev–Trinajstić information content (AvgIpc) is 3.08. The van der Waals surface area contributed by atoms with Crippen LogP contribution in [0.2, 0.25) is 5.15 Å². The van der Waals surface area contributed by atoms with Gasteiger partial charge in [-0.2, -0.15) is 10.4 Å². The number of benzene rings is 1. The maximum Gasteiger partial charge on any atom is 0.204 e. The summed E-state index contributed by atoms with van der Waals surface area (Å²) in [5.41, 5.74) is 3.07. The quantitative estimate of drug-likeness (QED) is 0.537. The smallest absolute Gasteiger partial charge is 0.204 e. The van der Waals surface area contributed by atoms with Gasteiger partial charge in [0.25, 0.3) is 0 Å². The van der Waals surface area contributed by atoms with Gasteiger partial charge in [-0.3, -0.25) is 0 Å². The molecule has 0 saturated carbocycles. The van der Waals surface area contributed by atoms with E-state index in [4.69, 9.17) is 21.3 Å². The number of hydrogen-bond donors (Lipinski definition) is 0. The Morgan fingerprint density at radius 2 is 2.10 bits per heavy atom. The average molecular weight is 295 g/mol. The number of nitrogens with zero attached hydrogens (tertiary/aromatic N) is 4. The molecule has 0 atom stereocenters. The second-order valence-electron chi connectivity index (χ2n) is 4.54. The van der Waals surface area contributed by atoms with Crippen molar-refractivity contribution in [3.8, 4) is 17.3 Å². The summed E-state index contributed by atoms with van der Waals surface area (Å²) >= 11 is 5.94. The molecule has 21 heavy (non-hydrogen) atoms. The molecule has 0 aliphatic heterocycles. The molecule has 0 fully saturated rings. The molecule has 5 nitrogen and oxygen atoms in total. The Kier molecular flexibility index (Phi) is 2.46. The predicted octanol–water partition coefficient (Wildman–Crippen LogP) is 3.67. The highest BCUT2D eigenvalue weighted by Crippen LogP contribution is 2.27. The summed E-state index contributed by atoms with van der Waals surface area (Å²) in [5, 5.41) is 14.4. The number of nitriles is 1. The SMILES string of the molecule is N#Cc1cc2ccc(-c3cnc4ccc(Cl)nn34)cc2o1. The van der Waals surface area contributed by atoms with Crippen LogP contribution in [0, 0.1) is 11.3 Å². The van der Waals surface area contributed by atoms with E-state index in [1.165, 1.54) is 0 Å².